The van der Waals surface area contributed by atoms with Gasteiger partial charge < -0.3 is 33.7 Å². The molecule has 1 N–H and O–H groups in total. The van der Waals surface area contributed by atoms with E-state index in [1.807, 2.05) is 24.4 Å². The van der Waals surface area contributed by atoms with Crippen molar-refractivity contribution in [1.82, 2.24) is 19.0 Å². The van der Waals surface area contributed by atoms with Gasteiger partial charge in [-0.15, -0.1) is 0 Å². The van der Waals surface area contributed by atoms with Gasteiger partial charge in [0, 0.05) is 75.8 Å². The number of aryl methyl sites for hydroxylation is 1. The molecule has 2 saturated heterocycles. The molecule has 1 unspecified atom stereocenters. The number of hydrogen-bond acceptors (Lipinski definition) is 9. The third-order valence-electron chi connectivity index (χ3n) is 11.2. The maximum atomic E-state index is 15.7. The number of halogens is 1. The van der Waals surface area contributed by atoms with E-state index in [4.69, 9.17) is 9.47 Å². The van der Waals surface area contributed by atoms with Gasteiger partial charge in [-0.3, -0.25) is 19.3 Å². The Morgan fingerprint density at radius 3 is 2.58 bits per heavy atom. The van der Waals surface area contributed by atoms with Gasteiger partial charge in [-0.2, -0.15) is 0 Å². The second-order valence-corrected chi connectivity index (χ2v) is 15.7. The molecule has 4 aliphatic rings. The van der Waals surface area contributed by atoms with Crippen LogP contribution < -0.4 is 20.7 Å². The second kappa shape index (κ2) is 13.4. The Hall–Kier alpha value is -5.01. The molecule has 2 fully saturated rings. The highest BCUT2D eigenvalue weighted by Gasteiger charge is 2.38. The summed E-state index contributed by atoms with van der Waals surface area (Å²) >= 11 is 0. The summed E-state index contributed by atoms with van der Waals surface area (Å²) in [5, 5.41) is 3.17. The minimum atomic E-state index is -0.559. The highest BCUT2D eigenvalue weighted by Crippen LogP contribution is 2.41. The molecular formula is C40H46FN7O5. The number of carbonyl (C=O) groups is 2. The molecule has 278 valence electrons. The summed E-state index contributed by atoms with van der Waals surface area (Å²) in [7, 11) is 1.62. The number of nitrogens with zero attached hydrogens (tertiary/aromatic N) is 6. The average Bonchev–Trinajstić information content (AvgIpc) is 3.58. The lowest BCUT2D eigenvalue weighted by atomic mass is 9.90. The van der Waals surface area contributed by atoms with Crippen molar-refractivity contribution in [2.45, 2.75) is 65.8 Å². The Morgan fingerprint density at radius 1 is 1.08 bits per heavy atom. The lowest BCUT2D eigenvalue weighted by Gasteiger charge is -2.46. The van der Waals surface area contributed by atoms with Gasteiger partial charge in [0.1, 0.15) is 29.6 Å². The summed E-state index contributed by atoms with van der Waals surface area (Å²) in [6.07, 6.45) is 5.22. The second-order valence-electron chi connectivity index (χ2n) is 15.7. The van der Waals surface area contributed by atoms with E-state index < -0.39 is 11.8 Å². The standard InChI is InChI=1S/C40H46FN7O5/c1-24-19-45(30-21-52-22-30)8-9-46(24)29-6-7-37(42-18-29)43-33-12-27(20-44(5)38(33)50)31-14-28(41)15-34(32(31)23-53-25(2)49)48-11-10-47-35(39(48)51)13-26-16-40(3,4)17-36(26)47/h6-7,12-15,18,20,24,30H,8-11,16-17,19,21-23H2,1-5H3,(H,42,43). The zero-order valence-corrected chi connectivity index (χ0v) is 30.9. The third kappa shape index (κ3) is 6.61. The van der Waals surface area contributed by atoms with Crippen molar-refractivity contribution in [2.75, 3.05) is 54.5 Å². The van der Waals surface area contributed by atoms with E-state index in [0.717, 1.165) is 51.4 Å². The topological polar surface area (TPSA) is 114 Å². The molecule has 0 saturated carbocycles. The molecular weight excluding hydrogens is 677 g/mol. The number of ether oxygens (including phenoxy) is 2. The molecule has 1 amide bonds. The van der Waals surface area contributed by atoms with Crippen LogP contribution in [0.3, 0.4) is 0 Å². The molecule has 0 spiro atoms. The summed E-state index contributed by atoms with van der Waals surface area (Å²) in [6, 6.07) is 11.0. The lowest BCUT2D eigenvalue weighted by Crippen LogP contribution is -2.59. The van der Waals surface area contributed by atoms with Crippen molar-refractivity contribution in [2.24, 2.45) is 12.5 Å². The number of hydrogen-bond donors (Lipinski definition) is 1. The zero-order chi connectivity index (χ0) is 37.2. The largest absolute Gasteiger partial charge is 0.461 e. The number of fused-ring (bicyclic) bond motifs is 3. The van der Waals surface area contributed by atoms with Gasteiger partial charge in [-0.1, -0.05) is 13.8 Å². The number of carbonyl (C=O) groups excluding carboxylic acids is 2. The van der Waals surface area contributed by atoms with Crippen LogP contribution in [0, 0.1) is 11.2 Å². The summed E-state index contributed by atoms with van der Waals surface area (Å²) in [5.41, 5.74) is 5.75. The normalized spacial score (nSPS) is 19.9. The van der Waals surface area contributed by atoms with Crippen LogP contribution in [0.2, 0.25) is 0 Å². The predicted octanol–water partition coefficient (Wildman–Crippen LogP) is 4.89. The van der Waals surface area contributed by atoms with Crippen LogP contribution in [0.25, 0.3) is 11.1 Å². The van der Waals surface area contributed by atoms with Crippen LogP contribution in [0.15, 0.2) is 53.6 Å². The number of anilines is 4. The van der Waals surface area contributed by atoms with Crippen molar-refractivity contribution >= 4 is 34.8 Å². The Bertz CT molecular complexity index is 2160. The van der Waals surface area contributed by atoms with Gasteiger partial charge in [0.2, 0.25) is 0 Å². The Kier molecular flexibility index (Phi) is 8.89. The summed E-state index contributed by atoms with van der Waals surface area (Å²) in [6.45, 7) is 13.1. The molecule has 4 aromatic rings. The van der Waals surface area contributed by atoms with E-state index in [-0.39, 0.29) is 29.2 Å². The minimum absolute atomic E-state index is 0.143. The van der Waals surface area contributed by atoms with E-state index in [1.165, 1.54) is 34.9 Å². The maximum Gasteiger partial charge on any atom is 0.302 e. The van der Waals surface area contributed by atoms with Crippen LogP contribution in [0.4, 0.5) is 27.3 Å². The van der Waals surface area contributed by atoms with Crippen LogP contribution in [0.5, 0.6) is 0 Å². The van der Waals surface area contributed by atoms with E-state index in [0.29, 0.717) is 59.1 Å². The van der Waals surface area contributed by atoms with Gasteiger partial charge in [0.15, 0.2) is 0 Å². The molecule has 13 heteroatoms. The Balaban J connectivity index is 1.09. The molecule has 12 nitrogen and oxygen atoms in total. The number of amides is 1. The average molecular weight is 724 g/mol. The van der Waals surface area contributed by atoms with Crippen molar-refractivity contribution in [3.05, 3.63) is 87.5 Å². The van der Waals surface area contributed by atoms with Crippen molar-refractivity contribution in [1.29, 1.82) is 0 Å². The first-order valence-electron chi connectivity index (χ1n) is 18.4. The third-order valence-corrected chi connectivity index (χ3v) is 11.2. The zero-order valence-electron chi connectivity index (χ0n) is 30.9. The minimum Gasteiger partial charge on any atom is -0.461 e. The highest BCUT2D eigenvalue weighted by atomic mass is 19.1. The van der Waals surface area contributed by atoms with Crippen LogP contribution in [0.1, 0.15) is 55.0 Å². The van der Waals surface area contributed by atoms with Gasteiger partial charge >= 0.3 is 5.97 Å². The van der Waals surface area contributed by atoms with Crippen LogP contribution in [-0.4, -0.2) is 82.4 Å². The van der Waals surface area contributed by atoms with Crippen molar-refractivity contribution < 1.29 is 23.5 Å². The molecule has 3 aromatic heterocycles. The molecule has 1 aliphatic carbocycles. The molecule has 1 atom stereocenters. The van der Waals surface area contributed by atoms with Crippen LogP contribution >= 0.6 is 0 Å². The molecule has 0 radical (unpaired) electrons. The van der Waals surface area contributed by atoms with E-state index in [9.17, 15) is 14.4 Å². The number of benzene rings is 1. The van der Waals surface area contributed by atoms with Gasteiger partial charge in [0.05, 0.1) is 36.8 Å². The quantitative estimate of drug-likeness (QED) is 0.254. The number of nitrogens with one attached hydrogen (secondary N) is 1. The predicted molar refractivity (Wildman–Crippen MR) is 200 cm³/mol. The molecule has 53 heavy (non-hydrogen) atoms. The molecule has 0 bridgehead atoms. The number of piperazine rings is 1. The fourth-order valence-electron chi connectivity index (χ4n) is 8.44. The Labute approximate surface area is 308 Å². The number of esters is 1. The first kappa shape index (κ1) is 35.0. The maximum absolute atomic E-state index is 15.7. The lowest BCUT2D eigenvalue weighted by molar-refractivity contribution is -0.142. The summed E-state index contributed by atoms with van der Waals surface area (Å²) < 4.78 is 30.1. The first-order chi connectivity index (χ1) is 25.3. The monoisotopic (exact) mass is 723 g/mol. The number of rotatable bonds is 8. The fraction of sp³-hybridized carbons (Fsp3) is 0.450. The molecule has 8 rings (SSSR count). The summed E-state index contributed by atoms with van der Waals surface area (Å²) in [4.78, 5) is 50.7. The van der Waals surface area contributed by atoms with E-state index in [2.05, 4.69) is 45.4 Å². The van der Waals surface area contributed by atoms with Gasteiger partial charge in [-0.25, -0.2) is 9.37 Å². The summed E-state index contributed by atoms with van der Waals surface area (Å²) in [5.74, 6) is -0.814. The first-order valence-corrected chi connectivity index (χ1v) is 18.4. The molecule has 1 aromatic carbocycles. The van der Waals surface area contributed by atoms with Crippen molar-refractivity contribution in [3.8, 4) is 11.1 Å². The molecule has 6 heterocycles. The molecule has 3 aliphatic heterocycles. The van der Waals surface area contributed by atoms with Crippen LogP contribution in [-0.2, 0) is 47.3 Å². The van der Waals surface area contributed by atoms with E-state index >= 15 is 4.39 Å². The number of aromatic nitrogens is 3. The SMILES string of the molecule is CC(=O)OCc1c(-c2cc(Nc3ccc(N4CCN(C5COC5)CC4C)cn3)c(=O)n(C)c2)cc(F)cc1N1CCn2c(cc3c2CC(C)(C)C3)C1=O. The van der Waals surface area contributed by atoms with Crippen molar-refractivity contribution in [3.63, 3.8) is 0 Å². The fourth-order valence-corrected chi connectivity index (χ4v) is 8.44. The highest BCUT2D eigenvalue weighted by molar-refractivity contribution is 6.07. The van der Waals surface area contributed by atoms with Gasteiger partial charge in [0.25, 0.3) is 11.5 Å². The number of pyridine rings is 2. The van der Waals surface area contributed by atoms with E-state index in [1.54, 1.807) is 24.2 Å². The van der Waals surface area contributed by atoms with Gasteiger partial charge in [-0.05, 0) is 72.7 Å². The Morgan fingerprint density at radius 2 is 1.89 bits per heavy atom. The smallest absolute Gasteiger partial charge is 0.302 e.